The van der Waals surface area contributed by atoms with Crippen molar-refractivity contribution in [1.29, 1.82) is 0 Å². The lowest BCUT2D eigenvalue weighted by molar-refractivity contribution is -0.155. The maximum absolute atomic E-state index is 10.2. The molecular formula is C28H44O3. The van der Waals surface area contributed by atoms with Gasteiger partial charge in [-0.2, -0.15) is 0 Å². The summed E-state index contributed by atoms with van der Waals surface area (Å²) in [6.45, 7) is 15.7. The third-order valence-corrected chi connectivity index (χ3v) is 8.79. The lowest BCUT2D eigenvalue weighted by atomic mass is 9.61. The van der Waals surface area contributed by atoms with Crippen molar-refractivity contribution in [2.45, 2.75) is 91.5 Å². The molecule has 6 atom stereocenters. The molecule has 0 aromatic carbocycles. The smallest absolute Gasteiger partial charge is 0.191 e. The zero-order chi connectivity index (χ0) is 23.0. The Hall–Kier alpha value is -1.16. The lowest BCUT2D eigenvalue weighted by Gasteiger charge is -2.44. The maximum atomic E-state index is 10.2. The Morgan fingerprint density at radius 2 is 1.77 bits per heavy atom. The number of aliphatic hydroxyl groups excluding tert-OH is 1. The predicted octanol–water partition coefficient (Wildman–Crippen LogP) is 5.93. The lowest BCUT2D eigenvalue weighted by Crippen LogP contribution is -2.40. The number of allylic oxidation sites excluding steroid dienone is 5. The summed E-state index contributed by atoms with van der Waals surface area (Å²) in [7, 11) is 0. The van der Waals surface area contributed by atoms with E-state index in [1.807, 2.05) is 6.08 Å². The van der Waals surface area contributed by atoms with Crippen LogP contribution in [0.2, 0.25) is 0 Å². The van der Waals surface area contributed by atoms with E-state index >= 15 is 0 Å². The Morgan fingerprint density at radius 1 is 1.06 bits per heavy atom. The minimum Gasteiger partial charge on any atom is -0.393 e. The molecule has 0 bridgehead atoms. The Kier molecular flexibility index (Phi) is 7.40. The third kappa shape index (κ3) is 5.10. The van der Waals surface area contributed by atoms with Crippen LogP contribution in [0.1, 0.15) is 79.6 Å². The third-order valence-electron chi connectivity index (χ3n) is 8.79. The summed E-state index contributed by atoms with van der Waals surface area (Å²) in [4.78, 5) is 0. The topological polar surface area (TPSA) is 60.7 Å². The van der Waals surface area contributed by atoms with E-state index in [0.717, 1.165) is 12.0 Å². The van der Waals surface area contributed by atoms with Crippen molar-refractivity contribution in [3.05, 3.63) is 47.6 Å². The van der Waals surface area contributed by atoms with Gasteiger partial charge < -0.3 is 15.3 Å². The molecule has 0 spiro atoms. The van der Waals surface area contributed by atoms with Crippen LogP contribution in [0.5, 0.6) is 0 Å². The molecule has 3 saturated carbocycles. The van der Waals surface area contributed by atoms with Crippen molar-refractivity contribution in [2.75, 3.05) is 0 Å². The Bertz CT molecular complexity index is 756. The predicted molar refractivity (Wildman–Crippen MR) is 128 cm³/mol. The molecule has 0 aromatic rings. The molecule has 3 nitrogen and oxygen atoms in total. The van der Waals surface area contributed by atoms with E-state index in [9.17, 15) is 15.3 Å². The van der Waals surface area contributed by atoms with Crippen LogP contribution in [-0.2, 0) is 0 Å². The van der Waals surface area contributed by atoms with Gasteiger partial charge in [0.15, 0.2) is 5.79 Å². The van der Waals surface area contributed by atoms with Crippen LogP contribution in [0.15, 0.2) is 47.6 Å². The van der Waals surface area contributed by atoms with Crippen molar-refractivity contribution in [2.24, 2.45) is 35.0 Å². The Balaban J connectivity index is 1.78. The van der Waals surface area contributed by atoms with Crippen LogP contribution in [0, 0.1) is 35.0 Å². The summed E-state index contributed by atoms with van der Waals surface area (Å²) in [5.74, 6) is 1.18. The molecule has 31 heavy (non-hydrogen) atoms. The number of fused-ring (bicyclic) bond motifs is 1. The molecule has 0 aromatic heterocycles. The minimum absolute atomic E-state index is 0.0665. The zero-order valence-electron chi connectivity index (χ0n) is 20.3. The quantitative estimate of drug-likeness (QED) is 0.375. The van der Waals surface area contributed by atoms with Crippen molar-refractivity contribution in [1.82, 2.24) is 0 Å². The van der Waals surface area contributed by atoms with Crippen LogP contribution in [0.4, 0.5) is 0 Å². The molecule has 3 N–H and O–H groups in total. The highest BCUT2D eigenvalue weighted by Gasteiger charge is 2.50. The summed E-state index contributed by atoms with van der Waals surface area (Å²) in [5, 5.41) is 30.4. The van der Waals surface area contributed by atoms with Gasteiger partial charge in [0, 0.05) is 12.0 Å². The summed E-state index contributed by atoms with van der Waals surface area (Å²) < 4.78 is 0. The van der Waals surface area contributed by atoms with Gasteiger partial charge in [0.1, 0.15) is 0 Å². The van der Waals surface area contributed by atoms with E-state index in [0.29, 0.717) is 47.0 Å². The Labute approximate surface area is 189 Å². The maximum Gasteiger partial charge on any atom is 0.191 e. The molecule has 3 aliphatic carbocycles. The van der Waals surface area contributed by atoms with Crippen LogP contribution >= 0.6 is 0 Å². The number of aliphatic hydroxyl groups is 3. The fraction of sp³-hybridized carbons (Fsp3) is 0.714. The molecule has 3 aliphatic rings. The molecule has 0 heterocycles. The van der Waals surface area contributed by atoms with E-state index in [-0.39, 0.29) is 6.42 Å². The average molecular weight is 429 g/mol. The molecule has 0 amide bonds. The monoisotopic (exact) mass is 428 g/mol. The standard InChI is InChI=1S/C28H44O3/c1-18(2)19(3)9-10-20(4)25-13-14-26-22(8-7-15-27(25,26)6)11-12-23-16-24(29)17-28(30,31)21(23)5/h9-12,18-20,24-26,29-31H,5,7-8,13-17H2,1-4,6H3/b10-9+,22-11+,23-12-/t19-,20+,24+,25+,26-,27+/m0/s1. The average Bonchev–Trinajstić information content (AvgIpc) is 3.04. The van der Waals surface area contributed by atoms with Gasteiger partial charge in [0.05, 0.1) is 6.10 Å². The summed E-state index contributed by atoms with van der Waals surface area (Å²) >= 11 is 0. The van der Waals surface area contributed by atoms with Gasteiger partial charge >= 0.3 is 0 Å². The van der Waals surface area contributed by atoms with Gasteiger partial charge in [0.2, 0.25) is 0 Å². The minimum atomic E-state index is -2.00. The zero-order valence-corrected chi connectivity index (χ0v) is 20.3. The van der Waals surface area contributed by atoms with Gasteiger partial charge in [-0.25, -0.2) is 0 Å². The van der Waals surface area contributed by atoms with E-state index in [1.165, 1.54) is 31.3 Å². The first-order chi connectivity index (χ1) is 14.5. The van der Waals surface area contributed by atoms with Gasteiger partial charge in [0.25, 0.3) is 0 Å². The normalized spacial score (nSPS) is 38.2. The molecule has 3 fully saturated rings. The van der Waals surface area contributed by atoms with Crippen LogP contribution < -0.4 is 0 Å². The van der Waals surface area contributed by atoms with Gasteiger partial charge in [-0.3, -0.25) is 0 Å². The van der Waals surface area contributed by atoms with Crippen molar-refractivity contribution in [3.63, 3.8) is 0 Å². The molecule has 174 valence electrons. The highest BCUT2D eigenvalue weighted by Crippen LogP contribution is 2.59. The van der Waals surface area contributed by atoms with Crippen LogP contribution in [-0.4, -0.2) is 27.2 Å². The molecule has 0 radical (unpaired) electrons. The van der Waals surface area contributed by atoms with Crippen LogP contribution in [0.3, 0.4) is 0 Å². The summed E-state index contributed by atoms with van der Waals surface area (Å²) in [6.07, 6.45) is 14.9. The van der Waals surface area contributed by atoms with E-state index < -0.39 is 11.9 Å². The van der Waals surface area contributed by atoms with E-state index in [2.05, 4.69) is 59.4 Å². The highest BCUT2D eigenvalue weighted by atomic mass is 16.5. The molecule has 0 aliphatic heterocycles. The summed E-state index contributed by atoms with van der Waals surface area (Å²) in [5.41, 5.74) is 2.91. The Morgan fingerprint density at radius 3 is 2.45 bits per heavy atom. The van der Waals surface area contributed by atoms with Gasteiger partial charge in [-0.1, -0.05) is 71.1 Å². The van der Waals surface area contributed by atoms with Crippen molar-refractivity contribution in [3.8, 4) is 0 Å². The first kappa shape index (κ1) is 24.5. The van der Waals surface area contributed by atoms with Crippen LogP contribution in [0.25, 0.3) is 0 Å². The second kappa shape index (κ2) is 9.37. The second-order valence-corrected chi connectivity index (χ2v) is 11.2. The molecule has 3 heteroatoms. The van der Waals surface area contributed by atoms with E-state index in [4.69, 9.17) is 0 Å². The summed E-state index contributed by atoms with van der Waals surface area (Å²) in [6, 6.07) is 0. The SMILES string of the molecule is C=C1/C(=C\C=C2/CCC[C@]3(C)[C@@H]([C@H](C)/C=C/[C@H](C)C(C)C)CC[C@@H]23)C[C@@H](O)CC1(O)O. The first-order valence-electron chi connectivity index (χ1n) is 12.4. The largest absolute Gasteiger partial charge is 0.393 e. The molecule has 0 saturated heterocycles. The first-order valence-corrected chi connectivity index (χ1v) is 12.4. The number of hydrogen-bond acceptors (Lipinski definition) is 3. The number of rotatable bonds is 5. The van der Waals surface area contributed by atoms with Gasteiger partial charge in [-0.05, 0) is 79.1 Å². The highest BCUT2D eigenvalue weighted by molar-refractivity contribution is 5.40. The molecule has 3 rings (SSSR count). The number of hydrogen-bond donors (Lipinski definition) is 3. The van der Waals surface area contributed by atoms with Gasteiger partial charge in [-0.15, -0.1) is 0 Å². The molecular weight excluding hydrogens is 384 g/mol. The van der Waals surface area contributed by atoms with Crippen molar-refractivity contribution < 1.29 is 15.3 Å². The molecule has 0 unspecified atom stereocenters. The second-order valence-electron chi connectivity index (χ2n) is 11.2. The fourth-order valence-electron chi connectivity index (χ4n) is 6.38. The fourth-order valence-corrected chi connectivity index (χ4v) is 6.38. The van der Waals surface area contributed by atoms with Crippen molar-refractivity contribution >= 4 is 0 Å². The van der Waals surface area contributed by atoms with E-state index in [1.54, 1.807) is 0 Å².